The minimum absolute atomic E-state index is 0.101. The Hall–Kier alpha value is -0.730. The van der Waals surface area contributed by atoms with Crippen molar-refractivity contribution in [2.75, 3.05) is 20.1 Å². The average Bonchev–Trinajstić information content (AvgIpc) is 2.76. The molecule has 3 nitrogen and oxygen atoms in total. The van der Waals surface area contributed by atoms with Crippen molar-refractivity contribution in [2.24, 2.45) is 5.41 Å². The van der Waals surface area contributed by atoms with Gasteiger partial charge in [0.15, 0.2) is 0 Å². The minimum atomic E-state index is 0.101. The first-order chi connectivity index (χ1) is 6.26. The van der Waals surface area contributed by atoms with Gasteiger partial charge in [0.25, 0.3) is 0 Å². The number of carbonyl (C=O) groups excluding carboxylic acids is 1. The van der Waals surface area contributed by atoms with Gasteiger partial charge in [-0.25, -0.2) is 4.79 Å². The lowest BCUT2D eigenvalue weighted by molar-refractivity contribution is 0.202. The molecule has 1 N–H and O–H groups in total. The van der Waals surface area contributed by atoms with E-state index < -0.39 is 0 Å². The summed E-state index contributed by atoms with van der Waals surface area (Å²) in [7, 11) is 1.71. The van der Waals surface area contributed by atoms with Gasteiger partial charge in [-0.2, -0.15) is 0 Å². The van der Waals surface area contributed by atoms with Crippen molar-refractivity contribution < 1.29 is 4.79 Å². The van der Waals surface area contributed by atoms with E-state index in [1.54, 1.807) is 7.05 Å². The Morgan fingerprint density at radius 3 is 2.62 bits per heavy atom. The second-order valence-electron chi connectivity index (χ2n) is 4.43. The van der Waals surface area contributed by atoms with Crippen LogP contribution in [0.1, 0.15) is 32.1 Å². The molecular formula is C10H18N2O. The van der Waals surface area contributed by atoms with Gasteiger partial charge in [-0.15, -0.1) is 0 Å². The Kier molecular flexibility index (Phi) is 2.18. The normalized spacial score (nSPS) is 25.5. The zero-order chi connectivity index (χ0) is 9.31. The Morgan fingerprint density at radius 2 is 2.00 bits per heavy atom. The van der Waals surface area contributed by atoms with Gasteiger partial charge in [0, 0.05) is 20.1 Å². The third-order valence-corrected chi connectivity index (χ3v) is 3.60. The number of likely N-dealkylation sites (tertiary alicyclic amines) is 1. The summed E-state index contributed by atoms with van der Waals surface area (Å²) in [6.45, 7) is 1.95. The SMILES string of the molecule is CNC(=O)N1CCC2(CCCC2)C1. The number of urea groups is 1. The Balaban J connectivity index is 1.96. The topological polar surface area (TPSA) is 32.3 Å². The third kappa shape index (κ3) is 1.52. The number of rotatable bonds is 0. The highest BCUT2D eigenvalue weighted by molar-refractivity contribution is 5.74. The highest BCUT2D eigenvalue weighted by Gasteiger charge is 2.41. The summed E-state index contributed by atoms with van der Waals surface area (Å²) >= 11 is 0. The molecule has 0 atom stereocenters. The fourth-order valence-corrected chi connectivity index (χ4v) is 2.80. The van der Waals surface area contributed by atoms with E-state index in [4.69, 9.17) is 0 Å². The van der Waals surface area contributed by atoms with E-state index in [1.807, 2.05) is 4.90 Å². The van der Waals surface area contributed by atoms with Gasteiger partial charge in [0.2, 0.25) is 0 Å². The van der Waals surface area contributed by atoms with Gasteiger partial charge in [-0.05, 0) is 24.7 Å². The summed E-state index contributed by atoms with van der Waals surface area (Å²) in [5, 5.41) is 2.70. The van der Waals surface area contributed by atoms with E-state index in [2.05, 4.69) is 5.32 Å². The highest BCUT2D eigenvalue weighted by atomic mass is 16.2. The first-order valence-electron chi connectivity index (χ1n) is 5.22. The van der Waals surface area contributed by atoms with Crippen LogP contribution in [0.3, 0.4) is 0 Å². The van der Waals surface area contributed by atoms with Crippen LogP contribution in [-0.2, 0) is 0 Å². The first kappa shape index (κ1) is 8.85. The Bertz CT molecular complexity index is 209. The number of amides is 2. The minimum Gasteiger partial charge on any atom is -0.341 e. The molecule has 3 heteroatoms. The monoisotopic (exact) mass is 182 g/mol. The number of nitrogens with one attached hydrogen (secondary N) is 1. The van der Waals surface area contributed by atoms with Crippen LogP contribution < -0.4 is 5.32 Å². The molecule has 0 aromatic rings. The van der Waals surface area contributed by atoms with E-state index >= 15 is 0 Å². The maximum atomic E-state index is 11.4. The summed E-state index contributed by atoms with van der Waals surface area (Å²) in [5.41, 5.74) is 0.506. The van der Waals surface area contributed by atoms with Gasteiger partial charge >= 0.3 is 6.03 Å². The molecule has 0 radical (unpaired) electrons. The maximum absolute atomic E-state index is 11.4. The lowest BCUT2D eigenvalue weighted by Gasteiger charge is -2.23. The van der Waals surface area contributed by atoms with Crippen molar-refractivity contribution in [3.8, 4) is 0 Å². The van der Waals surface area contributed by atoms with E-state index in [1.165, 1.54) is 32.1 Å². The highest BCUT2D eigenvalue weighted by Crippen LogP contribution is 2.45. The molecule has 1 spiro atoms. The molecule has 0 unspecified atom stereocenters. The van der Waals surface area contributed by atoms with Crippen LogP contribution in [0.25, 0.3) is 0 Å². The second-order valence-corrected chi connectivity index (χ2v) is 4.43. The standard InChI is InChI=1S/C10H18N2O/c1-11-9(13)12-7-6-10(8-12)4-2-3-5-10/h2-8H2,1H3,(H,11,13). The zero-order valence-corrected chi connectivity index (χ0v) is 8.31. The molecule has 0 aromatic heterocycles. The first-order valence-corrected chi connectivity index (χ1v) is 5.22. The van der Waals surface area contributed by atoms with Crippen LogP contribution in [0.5, 0.6) is 0 Å². The second kappa shape index (κ2) is 3.20. The molecule has 2 rings (SSSR count). The summed E-state index contributed by atoms with van der Waals surface area (Å²) in [4.78, 5) is 13.3. The van der Waals surface area contributed by atoms with Crippen LogP contribution in [0.4, 0.5) is 4.79 Å². The quantitative estimate of drug-likeness (QED) is 0.606. The molecule has 1 aliphatic heterocycles. The van der Waals surface area contributed by atoms with Crippen LogP contribution in [0, 0.1) is 5.41 Å². The predicted molar refractivity (Wildman–Crippen MR) is 51.5 cm³/mol. The Morgan fingerprint density at radius 1 is 1.31 bits per heavy atom. The molecule has 1 saturated heterocycles. The van der Waals surface area contributed by atoms with Crippen molar-refractivity contribution in [3.05, 3.63) is 0 Å². The number of hydrogen-bond acceptors (Lipinski definition) is 1. The van der Waals surface area contributed by atoms with Gasteiger partial charge < -0.3 is 10.2 Å². The van der Waals surface area contributed by atoms with E-state index in [0.717, 1.165) is 13.1 Å². The fraction of sp³-hybridized carbons (Fsp3) is 0.900. The lowest BCUT2D eigenvalue weighted by atomic mass is 9.86. The largest absolute Gasteiger partial charge is 0.341 e. The molecule has 74 valence electrons. The van der Waals surface area contributed by atoms with Gasteiger partial charge in [0.1, 0.15) is 0 Å². The number of carbonyl (C=O) groups is 1. The average molecular weight is 182 g/mol. The summed E-state index contributed by atoms with van der Waals surface area (Å²) in [6.07, 6.45) is 6.62. The van der Waals surface area contributed by atoms with Crippen molar-refractivity contribution >= 4 is 6.03 Å². The van der Waals surface area contributed by atoms with Crippen LogP contribution in [0.15, 0.2) is 0 Å². The molecule has 13 heavy (non-hydrogen) atoms. The molecule has 1 saturated carbocycles. The third-order valence-electron chi connectivity index (χ3n) is 3.60. The van der Waals surface area contributed by atoms with Crippen molar-refractivity contribution in [2.45, 2.75) is 32.1 Å². The fourth-order valence-electron chi connectivity index (χ4n) is 2.80. The molecule has 1 aliphatic carbocycles. The molecule has 0 aromatic carbocycles. The summed E-state index contributed by atoms with van der Waals surface area (Å²) in [5.74, 6) is 0. The van der Waals surface area contributed by atoms with Crippen molar-refractivity contribution in [1.82, 2.24) is 10.2 Å². The van der Waals surface area contributed by atoms with E-state index in [9.17, 15) is 4.79 Å². The molecular weight excluding hydrogens is 164 g/mol. The molecule has 2 fully saturated rings. The maximum Gasteiger partial charge on any atom is 0.317 e. The molecule has 1 heterocycles. The number of hydrogen-bond donors (Lipinski definition) is 1. The van der Waals surface area contributed by atoms with Crippen LogP contribution in [-0.4, -0.2) is 31.1 Å². The van der Waals surface area contributed by atoms with Crippen molar-refractivity contribution in [1.29, 1.82) is 0 Å². The van der Waals surface area contributed by atoms with Crippen LogP contribution >= 0.6 is 0 Å². The lowest BCUT2D eigenvalue weighted by Crippen LogP contribution is -2.37. The van der Waals surface area contributed by atoms with Gasteiger partial charge in [0.05, 0.1) is 0 Å². The van der Waals surface area contributed by atoms with E-state index in [-0.39, 0.29) is 6.03 Å². The zero-order valence-electron chi connectivity index (χ0n) is 8.31. The van der Waals surface area contributed by atoms with Gasteiger partial charge in [-0.1, -0.05) is 12.8 Å². The van der Waals surface area contributed by atoms with Gasteiger partial charge in [-0.3, -0.25) is 0 Å². The van der Waals surface area contributed by atoms with Crippen molar-refractivity contribution in [3.63, 3.8) is 0 Å². The molecule has 0 bridgehead atoms. The Labute approximate surface area is 79.5 Å². The smallest absolute Gasteiger partial charge is 0.317 e. The number of nitrogens with zero attached hydrogens (tertiary/aromatic N) is 1. The van der Waals surface area contributed by atoms with Crippen LogP contribution in [0.2, 0.25) is 0 Å². The molecule has 2 amide bonds. The van der Waals surface area contributed by atoms with E-state index in [0.29, 0.717) is 5.41 Å². The summed E-state index contributed by atoms with van der Waals surface area (Å²) < 4.78 is 0. The summed E-state index contributed by atoms with van der Waals surface area (Å²) in [6, 6.07) is 0.101. The molecule has 2 aliphatic rings. The predicted octanol–water partition coefficient (Wildman–Crippen LogP) is 1.59.